The van der Waals surface area contributed by atoms with Crippen LogP contribution in [-0.2, 0) is 38.1 Å². The third kappa shape index (κ3) is 3.49. The van der Waals surface area contributed by atoms with Crippen molar-refractivity contribution in [3.05, 3.63) is 11.1 Å². The van der Waals surface area contributed by atoms with Gasteiger partial charge in [-0.25, -0.2) is 0 Å². The van der Waals surface area contributed by atoms with Gasteiger partial charge in [-0.3, -0.25) is 19.2 Å². The maximum absolute atomic E-state index is 14.2. The number of Topliss-reactive ketones (excluding diaryl/α,β-unsaturated/α-hetero) is 1. The van der Waals surface area contributed by atoms with Gasteiger partial charge in [0.2, 0.25) is 0 Å². The first kappa shape index (κ1) is 25.8. The van der Waals surface area contributed by atoms with Crippen molar-refractivity contribution in [2.45, 2.75) is 97.7 Å². The van der Waals surface area contributed by atoms with Crippen LogP contribution in [0.25, 0.3) is 0 Å². The smallest absolute Gasteiger partial charge is 0.303 e. The third-order valence-electron chi connectivity index (χ3n) is 9.13. The summed E-state index contributed by atoms with van der Waals surface area (Å²) in [6, 6.07) is 0. The minimum absolute atomic E-state index is 0.0191. The first-order valence-corrected chi connectivity index (χ1v) is 12.3. The molecule has 3 aliphatic carbocycles. The summed E-state index contributed by atoms with van der Waals surface area (Å²) in [5.74, 6) is -2.75. The number of carbonyl (C=O) groups is 4. The average Bonchev–Trinajstić information content (AvgIpc) is 2.96. The first-order chi connectivity index (χ1) is 16.2. The number of ether oxygens (including phenoxy) is 4. The fourth-order valence-electron chi connectivity index (χ4n) is 7.47. The van der Waals surface area contributed by atoms with Crippen LogP contribution in [0.3, 0.4) is 0 Å². The number of carbonyl (C=O) groups excluding carboxylic acids is 4. The van der Waals surface area contributed by atoms with E-state index in [0.29, 0.717) is 6.42 Å². The lowest BCUT2D eigenvalue weighted by atomic mass is 9.50. The number of fused-ring (bicyclic) bond motifs is 4. The number of rotatable bonds is 4. The van der Waals surface area contributed by atoms with Gasteiger partial charge in [0.05, 0.1) is 18.1 Å². The van der Waals surface area contributed by atoms with E-state index in [1.54, 1.807) is 6.92 Å². The van der Waals surface area contributed by atoms with Gasteiger partial charge < -0.3 is 24.1 Å². The summed E-state index contributed by atoms with van der Waals surface area (Å²) in [7, 11) is 0. The maximum Gasteiger partial charge on any atom is 0.303 e. The molecule has 1 N–H and O–H groups in total. The van der Waals surface area contributed by atoms with Gasteiger partial charge in [0.25, 0.3) is 0 Å². The minimum Gasteiger partial charge on any atom is -0.461 e. The van der Waals surface area contributed by atoms with Gasteiger partial charge in [-0.05, 0) is 25.3 Å². The molecule has 0 bridgehead atoms. The Bertz CT molecular complexity index is 999. The van der Waals surface area contributed by atoms with Gasteiger partial charge in [0, 0.05) is 51.4 Å². The number of hydrogen-bond donors (Lipinski definition) is 1. The Labute approximate surface area is 205 Å². The van der Waals surface area contributed by atoms with Gasteiger partial charge in [-0.15, -0.1) is 0 Å². The van der Waals surface area contributed by atoms with Crippen LogP contribution < -0.4 is 0 Å². The van der Waals surface area contributed by atoms with E-state index in [0.717, 1.165) is 11.1 Å². The first-order valence-electron chi connectivity index (χ1n) is 12.3. The fraction of sp³-hybridized carbons (Fsp3) is 0.769. The molecule has 0 radical (unpaired) electrons. The lowest BCUT2D eigenvalue weighted by Gasteiger charge is -2.63. The SMILES string of the molecule is CC(=O)O[C@H]1C[C@]2(C(C)C)C(=C1C)CC(=O)[C@@]1(C)C([C@@H]2O)[C@]2(OC(C)=O)CO[C@@H]2C[C@@H]1OC(C)=O. The quantitative estimate of drug-likeness (QED) is 0.357. The van der Waals surface area contributed by atoms with Gasteiger partial charge in [-0.1, -0.05) is 19.4 Å². The van der Waals surface area contributed by atoms with Crippen LogP contribution in [0, 0.1) is 22.7 Å². The van der Waals surface area contributed by atoms with E-state index < -0.39 is 64.7 Å². The van der Waals surface area contributed by atoms with Crippen LogP contribution in [0.1, 0.15) is 67.7 Å². The third-order valence-corrected chi connectivity index (χ3v) is 9.13. The van der Waals surface area contributed by atoms with E-state index >= 15 is 0 Å². The normalized spacial score (nSPS) is 42.3. The highest BCUT2D eigenvalue weighted by molar-refractivity contribution is 5.90. The zero-order valence-corrected chi connectivity index (χ0v) is 21.5. The summed E-state index contributed by atoms with van der Waals surface area (Å²) in [6.45, 7) is 11.4. The maximum atomic E-state index is 14.2. The average molecular weight is 493 g/mol. The summed E-state index contributed by atoms with van der Waals surface area (Å²) in [6.07, 6.45) is -2.69. The van der Waals surface area contributed by atoms with Gasteiger partial charge in [-0.2, -0.15) is 0 Å². The van der Waals surface area contributed by atoms with Gasteiger partial charge in [0.15, 0.2) is 5.60 Å². The van der Waals surface area contributed by atoms with E-state index in [-0.39, 0.29) is 31.1 Å². The molecule has 4 rings (SSSR count). The van der Waals surface area contributed by atoms with Crippen LogP contribution in [0.15, 0.2) is 11.1 Å². The molecule has 9 nitrogen and oxygen atoms in total. The number of ketones is 1. The van der Waals surface area contributed by atoms with Crippen molar-refractivity contribution in [1.82, 2.24) is 0 Å². The van der Waals surface area contributed by atoms with E-state index in [9.17, 15) is 24.3 Å². The van der Waals surface area contributed by atoms with Crippen LogP contribution in [0.2, 0.25) is 0 Å². The Morgan fingerprint density at radius 2 is 1.71 bits per heavy atom. The summed E-state index contributed by atoms with van der Waals surface area (Å²) >= 11 is 0. The molecule has 1 saturated heterocycles. The molecule has 2 saturated carbocycles. The highest BCUT2D eigenvalue weighted by Gasteiger charge is 2.76. The Morgan fingerprint density at radius 3 is 2.20 bits per heavy atom. The molecule has 0 aromatic carbocycles. The second-order valence-electron chi connectivity index (χ2n) is 11.1. The van der Waals surface area contributed by atoms with Crippen molar-refractivity contribution in [1.29, 1.82) is 0 Å². The Hall–Kier alpha value is -2.26. The molecule has 35 heavy (non-hydrogen) atoms. The molecule has 9 heteroatoms. The number of aliphatic hydroxyl groups is 1. The second-order valence-corrected chi connectivity index (χ2v) is 11.1. The van der Waals surface area contributed by atoms with Crippen molar-refractivity contribution in [3.63, 3.8) is 0 Å². The van der Waals surface area contributed by atoms with E-state index in [2.05, 4.69) is 0 Å². The number of esters is 3. The molecule has 0 aromatic rings. The summed E-state index contributed by atoms with van der Waals surface area (Å²) in [5.41, 5.74) is -1.96. The number of aliphatic hydroxyl groups excluding tert-OH is 1. The van der Waals surface area contributed by atoms with E-state index in [4.69, 9.17) is 18.9 Å². The molecule has 1 heterocycles. The monoisotopic (exact) mass is 492 g/mol. The molecule has 0 spiro atoms. The number of hydrogen-bond acceptors (Lipinski definition) is 9. The second kappa shape index (κ2) is 8.40. The molecular formula is C26H36O9. The lowest BCUT2D eigenvalue weighted by molar-refractivity contribution is -0.335. The summed E-state index contributed by atoms with van der Waals surface area (Å²) in [5, 5.41) is 12.4. The molecule has 4 aliphatic rings. The summed E-state index contributed by atoms with van der Waals surface area (Å²) in [4.78, 5) is 50.3. The standard InChI is InChI=1S/C26H36O9/c1-12(2)25-10-18(33-14(4)27)13(3)17(25)8-19(30)24(7)20(34-15(5)28)9-21-26(11-32-21,35-16(6)29)22(24)23(25)31/h12,18,20-23,31H,8-11H2,1-7H3/t18-,20-,21+,22?,23-,24+,25-,26-/m0/s1. The molecule has 1 unspecified atom stereocenters. The fourth-order valence-corrected chi connectivity index (χ4v) is 7.47. The molecular weight excluding hydrogens is 456 g/mol. The van der Waals surface area contributed by atoms with Crippen molar-refractivity contribution >= 4 is 23.7 Å². The van der Waals surface area contributed by atoms with Gasteiger partial charge in [0.1, 0.15) is 24.1 Å². The molecule has 3 fully saturated rings. The summed E-state index contributed by atoms with van der Waals surface area (Å²) < 4.78 is 23.0. The van der Waals surface area contributed by atoms with Gasteiger partial charge >= 0.3 is 17.9 Å². The Balaban J connectivity index is 1.95. The van der Waals surface area contributed by atoms with Crippen molar-refractivity contribution in [2.75, 3.05) is 6.61 Å². The molecule has 0 aromatic heterocycles. The van der Waals surface area contributed by atoms with Crippen molar-refractivity contribution in [3.8, 4) is 0 Å². The minimum atomic E-state index is -1.32. The van der Waals surface area contributed by atoms with E-state index in [1.165, 1.54) is 20.8 Å². The highest BCUT2D eigenvalue weighted by Crippen LogP contribution is 2.65. The van der Waals surface area contributed by atoms with Crippen LogP contribution >= 0.6 is 0 Å². The van der Waals surface area contributed by atoms with Crippen LogP contribution in [0.4, 0.5) is 0 Å². The predicted octanol–water partition coefficient (Wildman–Crippen LogP) is 2.27. The van der Waals surface area contributed by atoms with Crippen LogP contribution in [-0.4, -0.2) is 65.4 Å². The zero-order chi connectivity index (χ0) is 26.1. The predicted molar refractivity (Wildman–Crippen MR) is 122 cm³/mol. The molecule has 8 atom stereocenters. The highest BCUT2D eigenvalue weighted by atomic mass is 16.6. The van der Waals surface area contributed by atoms with Crippen LogP contribution in [0.5, 0.6) is 0 Å². The van der Waals surface area contributed by atoms with Crippen molar-refractivity contribution in [2.24, 2.45) is 22.7 Å². The lowest BCUT2D eigenvalue weighted by Crippen LogP contribution is -2.77. The zero-order valence-electron chi connectivity index (χ0n) is 21.5. The molecule has 0 amide bonds. The molecule has 194 valence electrons. The Morgan fingerprint density at radius 1 is 1.09 bits per heavy atom. The van der Waals surface area contributed by atoms with E-state index in [1.807, 2.05) is 20.8 Å². The van der Waals surface area contributed by atoms with Crippen molar-refractivity contribution < 1.29 is 43.2 Å². The molecule has 1 aliphatic heterocycles. The topological polar surface area (TPSA) is 125 Å². The Kier molecular flexibility index (Phi) is 6.20. The largest absolute Gasteiger partial charge is 0.461 e.